The first-order valence-electron chi connectivity index (χ1n) is 14.9. The highest BCUT2D eigenvalue weighted by Crippen LogP contribution is 2.77. The maximum Gasteiger partial charge on any atom is 0.309 e. The lowest BCUT2D eigenvalue weighted by Crippen LogP contribution is -2.67. The van der Waals surface area contributed by atoms with Crippen molar-refractivity contribution >= 4 is 5.97 Å². The largest absolute Gasteiger partial charge is 0.481 e. The standard InChI is InChI=1S/C33H52O3/c1-9-20-36-26-14-15-30(6)24(29(26,4)5)13-16-32(8)25(30)11-10-23-27-22(21(2)3)12-17-33(27,28(34)35)19-18-31(23,32)7/h9,22-27H,1-2,10-20H2,3-8H3,(H,34,35)/t22-,23+,24-,25+,26-,27+,30-,31+,32+,33-/m0/s1. The first-order valence-corrected chi connectivity index (χ1v) is 14.9. The molecule has 3 heteroatoms. The van der Waals surface area contributed by atoms with Crippen molar-refractivity contribution in [2.24, 2.45) is 56.7 Å². The minimum atomic E-state index is -0.527. The normalized spacial score (nSPS) is 51.3. The van der Waals surface area contributed by atoms with Gasteiger partial charge in [-0.1, -0.05) is 52.8 Å². The van der Waals surface area contributed by atoms with Crippen LogP contribution in [0.25, 0.3) is 0 Å². The van der Waals surface area contributed by atoms with E-state index in [1.54, 1.807) is 0 Å². The average molecular weight is 497 g/mol. The van der Waals surface area contributed by atoms with Crippen molar-refractivity contribution in [3.05, 3.63) is 24.8 Å². The zero-order valence-electron chi connectivity index (χ0n) is 24.0. The highest BCUT2D eigenvalue weighted by molar-refractivity contribution is 5.76. The highest BCUT2D eigenvalue weighted by atomic mass is 16.5. The smallest absolute Gasteiger partial charge is 0.309 e. The van der Waals surface area contributed by atoms with Crippen LogP contribution < -0.4 is 0 Å². The number of fused-ring (bicyclic) bond motifs is 7. The van der Waals surface area contributed by atoms with E-state index in [0.717, 1.165) is 32.1 Å². The summed E-state index contributed by atoms with van der Waals surface area (Å²) in [4.78, 5) is 12.8. The summed E-state index contributed by atoms with van der Waals surface area (Å²) in [5.74, 6) is 1.96. The van der Waals surface area contributed by atoms with E-state index in [4.69, 9.17) is 4.74 Å². The molecule has 36 heavy (non-hydrogen) atoms. The molecule has 0 bridgehead atoms. The summed E-state index contributed by atoms with van der Waals surface area (Å²) in [7, 11) is 0. The third-order valence-electron chi connectivity index (χ3n) is 13.8. The summed E-state index contributed by atoms with van der Waals surface area (Å²) >= 11 is 0. The van der Waals surface area contributed by atoms with Gasteiger partial charge in [0.2, 0.25) is 0 Å². The van der Waals surface area contributed by atoms with E-state index in [1.165, 1.54) is 37.7 Å². The van der Waals surface area contributed by atoms with E-state index in [9.17, 15) is 9.90 Å². The Kier molecular flexibility index (Phi) is 6.23. The van der Waals surface area contributed by atoms with Gasteiger partial charge in [-0.3, -0.25) is 4.79 Å². The molecule has 5 aliphatic carbocycles. The Morgan fingerprint density at radius 3 is 2.28 bits per heavy atom. The van der Waals surface area contributed by atoms with Gasteiger partial charge in [0.1, 0.15) is 0 Å². The third kappa shape index (κ3) is 3.23. The lowest BCUT2D eigenvalue weighted by Gasteiger charge is -2.72. The van der Waals surface area contributed by atoms with Crippen LogP contribution in [0.3, 0.4) is 0 Å². The SMILES string of the molecule is C=CCO[C@H]1CC[C@]2(C)[C@H]3CC[C@@H]4[C@H]5[C@H](C(=C)C)CC[C@]5(C(=O)O)CC[C@@]4(C)[C@]3(C)CC[C@H]2C1(C)C. The van der Waals surface area contributed by atoms with Crippen molar-refractivity contribution in [1.29, 1.82) is 0 Å². The van der Waals surface area contributed by atoms with Crippen LogP contribution in [0, 0.1) is 56.7 Å². The number of carboxylic acids is 1. The molecule has 0 saturated heterocycles. The van der Waals surface area contributed by atoms with Gasteiger partial charge >= 0.3 is 5.97 Å². The van der Waals surface area contributed by atoms with Crippen LogP contribution in [0.4, 0.5) is 0 Å². The maximum atomic E-state index is 12.8. The van der Waals surface area contributed by atoms with Gasteiger partial charge in [-0.15, -0.1) is 6.58 Å². The molecule has 0 aromatic carbocycles. The molecule has 0 spiro atoms. The minimum Gasteiger partial charge on any atom is -0.481 e. The summed E-state index contributed by atoms with van der Waals surface area (Å²) in [6, 6.07) is 0. The fourth-order valence-electron chi connectivity index (χ4n) is 12.0. The fraction of sp³-hybridized carbons (Fsp3) is 0.848. The van der Waals surface area contributed by atoms with E-state index in [2.05, 4.69) is 54.7 Å². The lowest BCUT2D eigenvalue weighted by molar-refractivity contribution is -0.250. The molecule has 0 aliphatic heterocycles. The van der Waals surface area contributed by atoms with Crippen LogP contribution >= 0.6 is 0 Å². The van der Waals surface area contributed by atoms with E-state index in [0.29, 0.717) is 41.8 Å². The molecule has 0 heterocycles. The number of allylic oxidation sites excluding steroid dienone is 1. The van der Waals surface area contributed by atoms with Gasteiger partial charge in [0.05, 0.1) is 18.1 Å². The molecule has 0 amide bonds. The highest BCUT2D eigenvalue weighted by Gasteiger charge is 2.72. The second-order valence-electron chi connectivity index (χ2n) is 15.1. The summed E-state index contributed by atoms with van der Waals surface area (Å²) in [6.45, 7) is 23.9. The van der Waals surface area contributed by atoms with Crippen molar-refractivity contribution in [2.45, 2.75) is 112 Å². The van der Waals surface area contributed by atoms with Crippen LogP contribution in [0.5, 0.6) is 0 Å². The molecular weight excluding hydrogens is 444 g/mol. The van der Waals surface area contributed by atoms with Crippen LogP contribution in [0.1, 0.15) is 106 Å². The minimum absolute atomic E-state index is 0.163. The number of ether oxygens (including phenoxy) is 1. The fourth-order valence-corrected chi connectivity index (χ4v) is 12.0. The first kappa shape index (κ1) is 26.5. The summed E-state index contributed by atoms with van der Waals surface area (Å²) < 4.78 is 6.34. The Labute approximate surface area is 220 Å². The third-order valence-corrected chi connectivity index (χ3v) is 13.8. The van der Waals surface area contributed by atoms with Gasteiger partial charge in [0.25, 0.3) is 0 Å². The van der Waals surface area contributed by atoms with Gasteiger partial charge in [0.15, 0.2) is 0 Å². The Balaban J connectivity index is 1.51. The molecular formula is C33H52O3. The monoisotopic (exact) mass is 496 g/mol. The summed E-state index contributed by atoms with van der Waals surface area (Å²) in [5, 5.41) is 10.6. The maximum absolute atomic E-state index is 12.8. The van der Waals surface area contributed by atoms with Crippen molar-refractivity contribution in [3.63, 3.8) is 0 Å². The molecule has 202 valence electrons. The van der Waals surface area contributed by atoms with Gasteiger partial charge < -0.3 is 9.84 Å². The molecule has 5 aliphatic rings. The second-order valence-corrected chi connectivity index (χ2v) is 15.1. The number of carbonyl (C=O) groups is 1. The quantitative estimate of drug-likeness (QED) is 0.389. The van der Waals surface area contributed by atoms with Crippen molar-refractivity contribution in [1.82, 2.24) is 0 Å². The Morgan fingerprint density at radius 2 is 1.64 bits per heavy atom. The number of hydrogen-bond acceptors (Lipinski definition) is 2. The predicted molar refractivity (Wildman–Crippen MR) is 147 cm³/mol. The molecule has 5 rings (SSSR count). The zero-order chi connectivity index (χ0) is 26.3. The van der Waals surface area contributed by atoms with Gasteiger partial charge in [0, 0.05) is 0 Å². The van der Waals surface area contributed by atoms with Gasteiger partial charge in [-0.25, -0.2) is 0 Å². The molecule has 5 fully saturated rings. The van der Waals surface area contributed by atoms with E-state index in [1.807, 2.05) is 6.08 Å². The van der Waals surface area contributed by atoms with E-state index in [-0.39, 0.29) is 22.2 Å². The van der Waals surface area contributed by atoms with E-state index < -0.39 is 11.4 Å². The summed E-state index contributed by atoms with van der Waals surface area (Å²) in [6.07, 6.45) is 13.4. The topological polar surface area (TPSA) is 46.5 Å². The average Bonchev–Trinajstić information content (AvgIpc) is 3.20. The molecule has 5 saturated carbocycles. The van der Waals surface area contributed by atoms with Crippen LogP contribution in [-0.2, 0) is 9.53 Å². The van der Waals surface area contributed by atoms with Crippen molar-refractivity contribution in [2.75, 3.05) is 6.61 Å². The molecule has 3 nitrogen and oxygen atoms in total. The molecule has 1 N–H and O–H groups in total. The van der Waals surface area contributed by atoms with Gasteiger partial charge in [-0.2, -0.15) is 0 Å². The van der Waals surface area contributed by atoms with E-state index >= 15 is 0 Å². The second kappa shape index (κ2) is 8.45. The molecule has 0 aromatic heterocycles. The molecule has 10 atom stereocenters. The lowest BCUT2D eigenvalue weighted by atomic mass is 9.32. The number of aliphatic carboxylic acids is 1. The Bertz CT molecular complexity index is 935. The Morgan fingerprint density at radius 1 is 0.917 bits per heavy atom. The number of rotatable bonds is 5. The van der Waals surface area contributed by atoms with Crippen LogP contribution in [0.15, 0.2) is 24.8 Å². The summed E-state index contributed by atoms with van der Waals surface area (Å²) in [5.41, 5.74) is 1.64. The molecule has 0 aromatic rings. The zero-order valence-corrected chi connectivity index (χ0v) is 24.0. The predicted octanol–water partition coefficient (Wildman–Crippen LogP) is 8.30. The Hall–Kier alpha value is -1.09. The van der Waals surface area contributed by atoms with Crippen molar-refractivity contribution < 1.29 is 14.6 Å². The number of carboxylic acid groups (broad SMARTS) is 1. The van der Waals surface area contributed by atoms with Crippen LogP contribution in [-0.4, -0.2) is 23.8 Å². The van der Waals surface area contributed by atoms with Gasteiger partial charge in [-0.05, 0) is 122 Å². The first-order chi connectivity index (χ1) is 16.8. The number of hydrogen-bond donors (Lipinski definition) is 1. The van der Waals surface area contributed by atoms with Crippen molar-refractivity contribution in [3.8, 4) is 0 Å². The molecule has 0 radical (unpaired) electrons. The molecule has 0 unspecified atom stereocenters. The van der Waals surface area contributed by atoms with Crippen LogP contribution in [0.2, 0.25) is 0 Å².